The molecular weight excluding hydrogens is 266 g/mol. The summed E-state index contributed by atoms with van der Waals surface area (Å²) in [5, 5.41) is 12.4. The maximum Gasteiger partial charge on any atom is 0.170 e. The molecule has 1 heterocycles. The predicted molar refractivity (Wildman–Crippen MR) is 75.0 cm³/mol. The molecule has 0 saturated carbocycles. The van der Waals surface area contributed by atoms with Gasteiger partial charge in [-0.15, -0.1) is 0 Å². The Balaban J connectivity index is 1.97. The molecule has 2 aromatic rings. The first kappa shape index (κ1) is 13.2. The SMILES string of the molecule is O=C(Cc1cccnc1)C1=C([O-])c2ccccc2CC1=O. The third-order valence-corrected chi connectivity index (χ3v) is 3.49. The number of aromatic nitrogens is 1. The molecule has 1 aromatic heterocycles. The third-order valence-electron chi connectivity index (χ3n) is 3.49. The van der Waals surface area contributed by atoms with Crippen molar-refractivity contribution in [3.8, 4) is 0 Å². The van der Waals surface area contributed by atoms with Crippen LogP contribution in [0.15, 0.2) is 54.4 Å². The molecule has 1 aliphatic rings. The molecule has 0 amide bonds. The number of hydrogen-bond donors (Lipinski definition) is 0. The number of ketones is 2. The van der Waals surface area contributed by atoms with Crippen LogP contribution in [0.5, 0.6) is 0 Å². The number of nitrogens with zero attached hydrogens (tertiary/aromatic N) is 1. The first-order valence-corrected chi connectivity index (χ1v) is 6.61. The van der Waals surface area contributed by atoms with Crippen molar-refractivity contribution < 1.29 is 14.7 Å². The fraction of sp³-hybridized carbons (Fsp3) is 0.118. The Kier molecular flexibility index (Phi) is 3.36. The number of pyridine rings is 1. The fourth-order valence-corrected chi connectivity index (χ4v) is 2.48. The molecule has 4 heteroatoms. The van der Waals surface area contributed by atoms with Gasteiger partial charge >= 0.3 is 0 Å². The van der Waals surface area contributed by atoms with Crippen LogP contribution in [0.4, 0.5) is 0 Å². The first-order valence-electron chi connectivity index (χ1n) is 6.61. The van der Waals surface area contributed by atoms with E-state index in [4.69, 9.17) is 0 Å². The number of Topliss-reactive ketones (excluding diaryl/α,β-unsaturated/α-hetero) is 2. The standard InChI is InChI=1S/C17H13NO3/c19-14(8-11-4-3-7-18-10-11)16-15(20)9-12-5-1-2-6-13(12)17(16)21/h1-7,10,21H,8-9H2/p-1. The first-order chi connectivity index (χ1) is 10.2. The van der Waals surface area contributed by atoms with E-state index in [9.17, 15) is 14.7 Å². The van der Waals surface area contributed by atoms with E-state index in [1.54, 1.807) is 48.8 Å². The van der Waals surface area contributed by atoms with Crippen molar-refractivity contribution in [2.24, 2.45) is 0 Å². The van der Waals surface area contributed by atoms with E-state index in [1.807, 2.05) is 0 Å². The molecule has 0 aliphatic heterocycles. The number of carbonyl (C=O) groups excluding carboxylic acids is 2. The fourth-order valence-electron chi connectivity index (χ4n) is 2.48. The molecule has 1 aliphatic carbocycles. The molecule has 3 rings (SSSR count). The average Bonchev–Trinajstić information content (AvgIpc) is 2.48. The Bertz CT molecular complexity index is 748. The van der Waals surface area contributed by atoms with E-state index in [0.717, 1.165) is 0 Å². The zero-order valence-corrected chi connectivity index (χ0v) is 11.2. The van der Waals surface area contributed by atoms with Crippen LogP contribution in [0.2, 0.25) is 0 Å². The Labute approximate surface area is 121 Å². The minimum atomic E-state index is -0.462. The Morgan fingerprint density at radius 2 is 2.00 bits per heavy atom. The smallest absolute Gasteiger partial charge is 0.170 e. The van der Waals surface area contributed by atoms with E-state index in [0.29, 0.717) is 16.7 Å². The average molecular weight is 278 g/mol. The van der Waals surface area contributed by atoms with Crippen LogP contribution < -0.4 is 5.11 Å². The lowest BCUT2D eigenvalue weighted by molar-refractivity contribution is -0.245. The quantitative estimate of drug-likeness (QED) is 0.788. The molecule has 4 nitrogen and oxygen atoms in total. The van der Waals surface area contributed by atoms with Gasteiger partial charge in [-0.1, -0.05) is 36.1 Å². The summed E-state index contributed by atoms with van der Waals surface area (Å²) in [6.45, 7) is 0. The number of hydrogen-bond acceptors (Lipinski definition) is 4. The highest BCUT2D eigenvalue weighted by molar-refractivity contribution is 6.26. The zero-order valence-electron chi connectivity index (χ0n) is 11.2. The highest BCUT2D eigenvalue weighted by atomic mass is 16.3. The van der Waals surface area contributed by atoms with Gasteiger partial charge in [0.2, 0.25) is 0 Å². The van der Waals surface area contributed by atoms with E-state index >= 15 is 0 Å². The van der Waals surface area contributed by atoms with E-state index in [1.165, 1.54) is 0 Å². The van der Waals surface area contributed by atoms with Crippen molar-refractivity contribution in [3.05, 3.63) is 71.1 Å². The van der Waals surface area contributed by atoms with Gasteiger partial charge in [-0.05, 0) is 22.8 Å². The van der Waals surface area contributed by atoms with Gasteiger partial charge < -0.3 is 5.11 Å². The molecule has 1 aromatic carbocycles. The van der Waals surface area contributed by atoms with Crippen molar-refractivity contribution in [2.45, 2.75) is 12.8 Å². The topological polar surface area (TPSA) is 70.1 Å². The Morgan fingerprint density at radius 3 is 2.76 bits per heavy atom. The molecule has 21 heavy (non-hydrogen) atoms. The molecule has 0 fully saturated rings. The third kappa shape index (κ3) is 2.48. The van der Waals surface area contributed by atoms with Crippen molar-refractivity contribution in [1.82, 2.24) is 4.98 Å². The summed E-state index contributed by atoms with van der Waals surface area (Å²) in [5.41, 5.74) is 1.61. The van der Waals surface area contributed by atoms with E-state index < -0.39 is 17.3 Å². The summed E-state index contributed by atoms with van der Waals surface area (Å²) >= 11 is 0. The van der Waals surface area contributed by atoms with Gasteiger partial charge in [-0.3, -0.25) is 14.6 Å². The second-order valence-electron chi connectivity index (χ2n) is 4.92. The second kappa shape index (κ2) is 5.32. The number of allylic oxidation sites excluding steroid dienone is 1. The number of benzene rings is 1. The van der Waals surface area contributed by atoms with Gasteiger partial charge in [0.15, 0.2) is 11.6 Å². The number of fused-ring (bicyclic) bond motifs is 1. The van der Waals surface area contributed by atoms with Crippen molar-refractivity contribution >= 4 is 17.3 Å². The highest BCUT2D eigenvalue weighted by Gasteiger charge is 2.25. The number of carbonyl (C=O) groups is 2. The van der Waals surface area contributed by atoms with Crippen LogP contribution in [0.25, 0.3) is 5.76 Å². The van der Waals surface area contributed by atoms with Gasteiger partial charge in [0.05, 0.1) is 5.57 Å². The van der Waals surface area contributed by atoms with E-state index in [2.05, 4.69) is 4.98 Å². The summed E-state index contributed by atoms with van der Waals surface area (Å²) in [7, 11) is 0. The zero-order chi connectivity index (χ0) is 14.8. The van der Waals surface area contributed by atoms with Crippen LogP contribution in [0.1, 0.15) is 16.7 Å². The molecule has 0 saturated heterocycles. The van der Waals surface area contributed by atoms with Crippen molar-refractivity contribution in [2.75, 3.05) is 0 Å². The molecule has 0 atom stereocenters. The molecular formula is C17H12NO3-. The van der Waals surface area contributed by atoms with Gasteiger partial charge in [0.1, 0.15) is 0 Å². The van der Waals surface area contributed by atoms with Crippen molar-refractivity contribution in [3.63, 3.8) is 0 Å². The number of rotatable bonds is 3. The van der Waals surface area contributed by atoms with Crippen LogP contribution in [-0.4, -0.2) is 16.6 Å². The second-order valence-corrected chi connectivity index (χ2v) is 4.92. The molecule has 0 bridgehead atoms. The predicted octanol–water partition coefficient (Wildman–Crippen LogP) is 1.09. The molecule has 0 unspecified atom stereocenters. The van der Waals surface area contributed by atoms with Crippen molar-refractivity contribution in [1.29, 1.82) is 0 Å². The lowest BCUT2D eigenvalue weighted by atomic mass is 9.86. The molecule has 0 radical (unpaired) electrons. The van der Waals surface area contributed by atoms with Gasteiger partial charge in [0, 0.05) is 25.2 Å². The molecule has 0 N–H and O–H groups in total. The highest BCUT2D eigenvalue weighted by Crippen LogP contribution is 2.26. The van der Waals surface area contributed by atoms with Gasteiger partial charge in [0.25, 0.3) is 0 Å². The molecule has 0 spiro atoms. The Morgan fingerprint density at radius 1 is 1.19 bits per heavy atom. The Hall–Kier alpha value is -2.75. The summed E-state index contributed by atoms with van der Waals surface area (Å²) < 4.78 is 0. The maximum atomic E-state index is 12.4. The minimum Gasteiger partial charge on any atom is -0.871 e. The van der Waals surface area contributed by atoms with Crippen LogP contribution in [0.3, 0.4) is 0 Å². The monoisotopic (exact) mass is 278 g/mol. The lowest BCUT2D eigenvalue weighted by Gasteiger charge is -2.25. The van der Waals surface area contributed by atoms with Gasteiger partial charge in [-0.25, -0.2) is 0 Å². The van der Waals surface area contributed by atoms with Crippen LogP contribution in [-0.2, 0) is 22.4 Å². The van der Waals surface area contributed by atoms with Crippen LogP contribution >= 0.6 is 0 Å². The summed E-state index contributed by atoms with van der Waals surface area (Å²) in [5.74, 6) is -1.30. The summed E-state index contributed by atoms with van der Waals surface area (Å²) in [6.07, 6.45) is 3.29. The normalized spacial score (nSPS) is 14.0. The summed E-state index contributed by atoms with van der Waals surface area (Å²) in [6, 6.07) is 10.4. The summed E-state index contributed by atoms with van der Waals surface area (Å²) in [4.78, 5) is 28.3. The van der Waals surface area contributed by atoms with Gasteiger partial charge in [-0.2, -0.15) is 0 Å². The van der Waals surface area contributed by atoms with Crippen LogP contribution in [0, 0.1) is 0 Å². The molecule has 104 valence electrons. The largest absolute Gasteiger partial charge is 0.871 e. The maximum absolute atomic E-state index is 12.4. The lowest BCUT2D eigenvalue weighted by Crippen LogP contribution is -2.27. The minimum absolute atomic E-state index is 0.0167. The van der Waals surface area contributed by atoms with E-state index in [-0.39, 0.29) is 18.4 Å².